The van der Waals surface area contributed by atoms with Gasteiger partial charge in [0.2, 0.25) is 0 Å². The molecule has 0 N–H and O–H groups in total. The predicted octanol–water partition coefficient (Wildman–Crippen LogP) is 2.86. The number of thiazole rings is 1. The van der Waals surface area contributed by atoms with Crippen molar-refractivity contribution in [3.05, 3.63) is 35.1 Å². The summed E-state index contributed by atoms with van der Waals surface area (Å²) in [5.74, 6) is 0. The molecule has 0 bridgehead atoms. The van der Waals surface area contributed by atoms with Crippen LogP contribution in [0.4, 0.5) is 0 Å². The molecule has 0 amide bonds. The number of pyridine rings is 1. The zero-order valence-corrected chi connectivity index (χ0v) is 7.64. The van der Waals surface area contributed by atoms with Crippen LogP contribution in [0.3, 0.4) is 0 Å². The van der Waals surface area contributed by atoms with Gasteiger partial charge < -0.3 is 0 Å². The molecule has 0 spiro atoms. The Bertz CT molecular complexity index is 372. The van der Waals surface area contributed by atoms with E-state index in [0.29, 0.717) is 5.15 Å². The first kappa shape index (κ1) is 7.71. The summed E-state index contributed by atoms with van der Waals surface area (Å²) >= 11 is 7.21. The Kier molecular flexibility index (Phi) is 2.06. The highest BCUT2D eigenvalue weighted by Crippen LogP contribution is 2.24. The third kappa shape index (κ3) is 1.47. The van der Waals surface area contributed by atoms with E-state index in [1.165, 1.54) is 11.3 Å². The van der Waals surface area contributed by atoms with E-state index in [0.717, 1.165) is 10.6 Å². The third-order valence-corrected chi connectivity index (χ3v) is 2.60. The van der Waals surface area contributed by atoms with E-state index < -0.39 is 0 Å². The highest BCUT2D eigenvalue weighted by Gasteiger charge is 2.01. The van der Waals surface area contributed by atoms with Crippen LogP contribution < -0.4 is 0 Å². The molecule has 0 unspecified atom stereocenters. The van der Waals surface area contributed by atoms with Gasteiger partial charge in [0.25, 0.3) is 0 Å². The van der Waals surface area contributed by atoms with Gasteiger partial charge in [-0.2, -0.15) is 0 Å². The lowest BCUT2D eigenvalue weighted by molar-refractivity contribution is 1.31. The highest BCUT2D eigenvalue weighted by atomic mass is 35.5. The standard InChI is InChI=1S/C8H5ClN2S/c9-7-5-12-8(11-7)6-2-1-3-10-4-6/h1-5H. The molecule has 0 aliphatic carbocycles. The minimum Gasteiger partial charge on any atom is -0.264 e. The van der Waals surface area contributed by atoms with Crippen LogP contribution in [-0.4, -0.2) is 9.97 Å². The summed E-state index contributed by atoms with van der Waals surface area (Å²) < 4.78 is 0. The Morgan fingerprint density at radius 2 is 2.33 bits per heavy atom. The van der Waals surface area contributed by atoms with Crippen LogP contribution in [0.2, 0.25) is 5.15 Å². The Balaban J connectivity index is 2.45. The van der Waals surface area contributed by atoms with Crippen molar-refractivity contribution in [1.82, 2.24) is 9.97 Å². The summed E-state index contributed by atoms with van der Waals surface area (Å²) in [5.41, 5.74) is 1.01. The van der Waals surface area contributed by atoms with Crippen molar-refractivity contribution in [2.45, 2.75) is 0 Å². The average molecular weight is 197 g/mol. The lowest BCUT2D eigenvalue weighted by atomic mass is 10.3. The van der Waals surface area contributed by atoms with Gasteiger partial charge in [0.15, 0.2) is 0 Å². The van der Waals surface area contributed by atoms with Crippen LogP contribution in [0, 0.1) is 0 Å². The van der Waals surface area contributed by atoms with Crippen molar-refractivity contribution >= 4 is 22.9 Å². The van der Waals surface area contributed by atoms with E-state index in [-0.39, 0.29) is 0 Å². The molecule has 0 aliphatic heterocycles. The Morgan fingerprint density at radius 1 is 1.42 bits per heavy atom. The van der Waals surface area contributed by atoms with E-state index in [4.69, 9.17) is 11.6 Å². The van der Waals surface area contributed by atoms with Gasteiger partial charge in [0.05, 0.1) is 0 Å². The number of hydrogen-bond acceptors (Lipinski definition) is 3. The molecule has 0 radical (unpaired) electrons. The van der Waals surface area contributed by atoms with Crippen LogP contribution in [0.5, 0.6) is 0 Å². The average Bonchev–Trinajstić information content (AvgIpc) is 2.54. The number of rotatable bonds is 1. The van der Waals surface area contributed by atoms with Gasteiger partial charge in [-0.1, -0.05) is 11.6 Å². The van der Waals surface area contributed by atoms with Gasteiger partial charge in [-0.25, -0.2) is 4.98 Å². The van der Waals surface area contributed by atoms with Gasteiger partial charge in [-0.3, -0.25) is 4.98 Å². The quantitative estimate of drug-likeness (QED) is 0.701. The van der Waals surface area contributed by atoms with Crippen LogP contribution in [0.15, 0.2) is 29.9 Å². The zero-order chi connectivity index (χ0) is 8.39. The second-order valence-corrected chi connectivity index (χ2v) is 3.46. The summed E-state index contributed by atoms with van der Waals surface area (Å²) in [5, 5.41) is 3.26. The topological polar surface area (TPSA) is 25.8 Å². The molecule has 2 aromatic rings. The summed E-state index contributed by atoms with van der Waals surface area (Å²) in [6, 6.07) is 3.84. The fourth-order valence-corrected chi connectivity index (χ4v) is 1.81. The second kappa shape index (κ2) is 3.21. The highest BCUT2D eigenvalue weighted by molar-refractivity contribution is 7.13. The van der Waals surface area contributed by atoms with Crippen molar-refractivity contribution in [2.24, 2.45) is 0 Å². The van der Waals surface area contributed by atoms with Crippen molar-refractivity contribution in [3.63, 3.8) is 0 Å². The first-order valence-electron chi connectivity index (χ1n) is 3.38. The van der Waals surface area contributed by atoms with E-state index in [9.17, 15) is 0 Å². The normalized spacial score (nSPS) is 10.1. The SMILES string of the molecule is Clc1csc(-c2cccnc2)n1. The molecule has 12 heavy (non-hydrogen) atoms. The molecule has 0 saturated carbocycles. The number of halogens is 1. The first-order chi connectivity index (χ1) is 5.86. The zero-order valence-electron chi connectivity index (χ0n) is 6.07. The maximum atomic E-state index is 5.69. The fraction of sp³-hybridized carbons (Fsp3) is 0. The molecule has 0 fully saturated rings. The predicted molar refractivity (Wildman–Crippen MR) is 50.4 cm³/mol. The maximum absolute atomic E-state index is 5.69. The summed E-state index contributed by atoms with van der Waals surface area (Å²) in [6.07, 6.45) is 3.51. The van der Waals surface area contributed by atoms with Gasteiger partial charge in [0.1, 0.15) is 10.2 Å². The van der Waals surface area contributed by atoms with Crippen molar-refractivity contribution < 1.29 is 0 Å². The molecule has 2 aromatic heterocycles. The number of hydrogen-bond donors (Lipinski definition) is 0. The summed E-state index contributed by atoms with van der Waals surface area (Å²) in [6.45, 7) is 0. The Hall–Kier alpha value is -0.930. The van der Waals surface area contributed by atoms with E-state index in [1.807, 2.05) is 17.5 Å². The van der Waals surface area contributed by atoms with E-state index in [2.05, 4.69) is 9.97 Å². The molecule has 0 aromatic carbocycles. The molecule has 0 saturated heterocycles. The maximum Gasteiger partial charge on any atom is 0.140 e. The summed E-state index contributed by atoms with van der Waals surface area (Å²) in [7, 11) is 0. The lowest BCUT2D eigenvalue weighted by Crippen LogP contribution is -1.76. The molecular formula is C8H5ClN2S. The molecule has 2 rings (SSSR count). The minimum absolute atomic E-state index is 0.541. The van der Waals surface area contributed by atoms with Crippen molar-refractivity contribution in [1.29, 1.82) is 0 Å². The third-order valence-electron chi connectivity index (χ3n) is 1.38. The van der Waals surface area contributed by atoms with E-state index in [1.54, 1.807) is 12.4 Å². The van der Waals surface area contributed by atoms with Crippen LogP contribution >= 0.6 is 22.9 Å². The summed E-state index contributed by atoms with van der Waals surface area (Å²) in [4.78, 5) is 8.12. The second-order valence-electron chi connectivity index (χ2n) is 2.22. The molecule has 60 valence electrons. The molecule has 4 heteroatoms. The smallest absolute Gasteiger partial charge is 0.140 e. The van der Waals surface area contributed by atoms with Crippen LogP contribution in [0.25, 0.3) is 10.6 Å². The molecule has 2 heterocycles. The van der Waals surface area contributed by atoms with E-state index >= 15 is 0 Å². The molecule has 0 aliphatic rings. The van der Waals surface area contributed by atoms with Gasteiger partial charge >= 0.3 is 0 Å². The fourth-order valence-electron chi connectivity index (χ4n) is 0.876. The Labute approximate surface area is 78.9 Å². The Morgan fingerprint density at radius 3 is 2.92 bits per heavy atom. The first-order valence-corrected chi connectivity index (χ1v) is 4.63. The molecule has 2 nitrogen and oxygen atoms in total. The minimum atomic E-state index is 0.541. The lowest BCUT2D eigenvalue weighted by Gasteiger charge is -1.91. The monoisotopic (exact) mass is 196 g/mol. The van der Waals surface area contributed by atoms with Crippen molar-refractivity contribution in [3.8, 4) is 10.6 Å². The molecule has 0 atom stereocenters. The van der Waals surface area contributed by atoms with Crippen LogP contribution in [0.1, 0.15) is 0 Å². The van der Waals surface area contributed by atoms with Crippen molar-refractivity contribution in [2.75, 3.05) is 0 Å². The number of aromatic nitrogens is 2. The van der Waals surface area contributed by atoms with Gasteiger partial charge in [-0.05, 0) is 12.1 Å². The van der Waals surface area contributed by atoms with Crippen LogP contribution in [-0.2, 0) is 0 Å². The van der Waals surface area contributed by atoms with Gasteiger partial charge in [0, 0.05) is 23.3 Å². The molecular weight excluding hydrogens is 192 g/mol. The van der Waals surface area contributed by atoms with Gasteiger partial charge in [-0.15, -0.1) is 11.3 Å². The number of nitrogens with zero attached hydrogens (tertiary/aromatic N) is 2. The largest absolute Gasteiger partial charge is 0.264 e.